The van der Waals surface area contributed by atoms with Crippen LogP contribution in [0.1, 0.15) is 51.0 Å². The van der Waals surface area contributed by atoms with Crippen LogP contribution in [0.5, 0.6) is 0 Å². The highest BCUT2D eigenvalue weighted by Gasteiger charge is 2.33. The second-order valence-corrected chi connectivity index (χ2v) is 6.14. The van der Waals surface area contributed by atoms with Crippen LogP contribution in [0.25, 0.3) is 0 Å². The standard InChI is InChI=1S/C17H23ClO/c1-2-3-4-5-14-8-9-15(17(14)19)12-13-6-10-16(18)11-7-13/h6-7,10-11,14-15H,2-5,8-9,12H2,1H3. The minimum Gasteiger partial charge on any atom is -0.299 e. The summed E-state index contributed by atoms with van der Waals surface area (Å²) in [5.74, 6) is 1.09. The third-order valence-electron chi connectivity index (χ3n) is 4.22. The first-order valence-corrected chi connectivity index (χ1v) is 7.86. The number of carbonyl (C=O) groups is 1. The Labute approximate surface area is 121 Å². The Morgan fingerprint density at radius 3 is 2.47 bits per heavy atom. The van der Waals surface area contributed by atoms with Gasteiger partial charge < -0.3 is 0 Å². The zero-order valence-electron chi connectivity index (χ0n) is 11.7. The van der Waals surface area contributed by atoms with Gasteiger partial charge in [-0.25, -0.2) is 0 Å². The first-order valence-electron chi connectivity index (χ1n) is 7.49. The Hall–Kier alpha value is -0.820. The molecule has 0 bridgehead atoms. The van der Waals surface area contributed by atoms with Gasteiger partial charge in [0.1, 0.15) is 5.78 Å². The summed E-state index contributed by atoms with van der Waals surface area (Å²) >= 11 is 5.88. The van der Waals surface area contributed by atoms with E-state index in [1.165, 1.54) is 24.8 Å². The Bertz CT molecular complexity index is 410. The number of rotatable bonds is 6. The second kappa shape index (κ2) is 7.09. The number of halogens is 1. The quantitative estimate of drug-likeness (QED) is 0.665. The molecule has 0 N–H and O–H groups in total. The molecule has 1 aliphatic rings. The van der Waals surface area contributed by atoms with Crippen molar-refractivity contribution in [3.63, 3.8) is 0 Å². The largest absolute Gasteiger partial charge is 0.299 e. The Morgan fingerprint density at radius 2 is 1.79 bits per heavy atom. The molecule has 1 aromatic rings. The molecule has 0 aliphatic heterocycles. The van der Waals surface area contributed by atoms with Crippen LogP contribution in [-0.2, 0) is 11.2 Å². The van der Waals surface area contributed by atoms with Gasteiger partial charge in [0.25, 0.3) is 0 Å². The maximum Gasteiger partial charge on any atom is 0.139 e. The zero-order valence-corrected chi connectivity index (χ0v) is 12.5. The lowest BCUT2D eigenvalue weighted by molar-refractivity contribution is -0.124. The SMILES string of the molecule is CCCCCC1CCC(Cc2ccc(Cl)cc2)C1=O. The van der Waals surface area contributed by atoms with Crippen LogP contribution in [0.15, 0.2) is 24.3 Å². The minimum absolute atomic E-state index is 0.243. The molecule has 19 heavy (non-hydrogen) atoms. The summed E-state index contributed by atoms with van der Waals surface area (Å²) in [7, 11) is 0. The van der Waals surface area contributed by atoms with Gasteiger partial charge in [-0.1, -0.05) is 49.9 Å². The highest BCUT2D eigenvalue weighted by Crippen LogP contribution is 2.33. The van der Waals surface area contributed by atoms with Gasteiger partial charge in [0, 0.05) is 16.9 Å². The van der Waals surface area contributed by atoms with Crippen LogP contribution in [0.2, 0.25) is 5.02 Å². The number of carbonyl (C=O) groups excluding carboxylic acids is 1. The van der Waals surface area contributed by atoms with Crippen LogP contribution >= 0.6 is 11.6 Å². The van der Waals surface area contributed by atoms with Crippen molar-refractivity contribution in [3.8, 4) is 0 Å². The van der Waals surface area contributed by atoms with Gasteiger partial charge in [0.2, 0.25) is 0 Å². The Kier molecular flexibility index (Phi) is 5.45. The summed E-state index contributed by atoms with van der Waals surface area (Å²) in [5.41, 5.74) is 1.23. The molecule has 1 nitrogen and oxygen atoms in total. The molecular weight excluding hydrogens is 256 g/mol. The summed E-state index contributed by atoms with van der Waals surface area (Å²) in [6.45, 7) is 2.21. The van der Waals surface area contributed by atoms with Gasteiger partial charge >= 0.3 is 0 Å². The molecule has 1 aliphatic carbocycles. The van der Waals surface area contributed by atoms with Crippen molar-refractivity contribution in [3.05, 3.63) is 34.9 Å². The van der Waals surface area contributed by atoms with Gasteiger partial charge in [-0.3, -0.25) is 4.79 Å². The van der Waals surface area contributed by atoms with Crippen molar-refractivity contribution < 1.29 is 4.79 Å². The first-order chi connectivity index (χ1) is 9.20. The lowest BCUT2D eigenvalue weighted by Crippen LogP contribution is -2.16. The van der Waals surface area contributed by atoms with E-state index in [0.29, 0.717) is 11.7 Å². The predicted octanol–water partition coefficient (Wildman–Crippen LogP) is 5.06. The molecule has 0 saturated heterocycles. The molecule has 0 aromatic heterocycles. The van der Waals surface area contributed by atoms with E-state index in [-0.39, 0.29) is 5.92 Å². The van der Waals surface area contributed by atoms with E-state index < -0.39 is 0 Å². The fourth-order valence-corrected chi connectivity index (χ4v) is 3.18. The van der Waals surface area contributed by atoms with Crippen LogP contribution in [-0.4, -0.2) is 5.78 Å². The smallest absolute Gasteiger partial charge is 0.139 e. The maximum atomic E-state index is 12.3. The fourth-order valence-electron chi connectivity index (χ4n) is 3.06. The molecule has 2 rings (SSSR count). The summed E-state index contributed by atoms with van der Waals surface area (Å²) in [6, 6.07) is 7.91. The molecule has 2 heteroatoms. The van der Waals surface area contributed by atoms with Gasteiger partial charge in [-0.05, 0) is 43.4 Å². The van der Waals surface area contributed by atoms with E-state index in [4.69, 9.17) is 11.6 Å². The molecule has 1 aromatic carbocycles. The summed E-state index contributed by atoms with van der Waals surface area (Å²) in [6.07, 6.45) is 7.85. The molecule has 1 fully saturated rings. The van der Waals surface area contributed by atoms with Crippen molar-refractivity contribution in [1.82, 2.24) is 0 Å². The van der Waals surface area contributed by atoms with E-state index in [9.17, 15) is 4.79 Å². The van der Waals surface area contributed by atoms with Crippen molar-refractivity contribution in [2.75, 3.05) is 0 Å². The summed E-state index contributed by atoms with van der Waals surface area (Å²) < 4.78 is 0. The summed E-state index contributed by atoms with van der Waals surface area (Å²) in [5, 5.41) is 0.763. The van der Waals surface area contributed by atoms with E-state index >= 15 is 0 Å². The van der Waals surface area contributed by atoms with Gasteiger partial charge in [0.15, 0.2) is 0 Å². The van der Waals surface area contributed by atoms with Crippen molar-refractivity contribution in [1.29, 1.82) is 0 Å². The third kappa shape index (κ3) is 4.07. The summed E-state index contributed by atoms with van der Waals surface area (Å²) in [4.78, 5) is 12.3. The Morgan fingerprint density at radius 1 is 1.11 bits per heavy atom. The average molecular weight is 279 g/mol. The van der Waals surface area contributed by atoms with Gasteiger partial charge in [-0.2, -0.15) is 0 Å². The van der Waals surface area contributed by atoms with E-state index in [2.05, 4.69) is 6.92 Å². The molecule has 0 radical (unpaired) electrons. The number of Topliss-reactive ketones (excluding diaryl/α,β-unsaturated/α-hetero) is 1. The first kappa shape index (κ1) is 14.6. The van der Waals surface area contributed by atoms with Crippen LogP contribution in [0.4, 0.5) is 0 Å². The average Bonchev–Trinajstić information content (AvgIpc) is 2.75. The van der Waals surface area contributed by atoms with Crippen LogP contribution < -0.4 is 0 Å². The molecular formula is C17H23ClO. The number of hydrogen-bond acceptors (Lipinski definition) is 1. The molecule has 2 atom stereocenters. The van der Waals surface area contributed by atoms with E-state index in [0.717, 1.165) is 30.7 Å². The second-order valence-electron chi connectivity index (χ2n) is 5.70. The number of unbranched alkanes of at least 4 members (excludes halogenated alkanes) is 2. The predicted molar refractivity (Wildman–Crippen MR) is 80.5 cm³/mol. The minimum atomic E-state index is 0.243. The van der Waals surface area contributed by atoms with Gasteiger partial charge in [0.05, 0.1) is 0 Å². The number of benzene rings is 1. The molecule has 1 saturated carbocycles. The van der Waals surface area contributed by atoms with E-state index in [1.54, 1.807) is 0 Å². The number of ketones is 1. The molecule has 104 valence electrons. The lowest BCUT2D eigenvalue weighted by Gasteiger charge is -2.10. The lowest BCUT2D eigenvalue weighted by atomic mass is 9.93. The third-order valence-corrected chi connectivity index (χ3v) is 4.47. The van der Waals surface area contributed by atoms with Crippen LogP contribution in [0.3, 0.4) is 0 Å². The normalized spacial score (nSPS) is 22.9. The molecule has 2 unspecified atom stereocenters. The number of hydrogen-bond donors (Lipinski definition) is 0. The fraction of sp³-hybridized carbons (Fsp3) is 0.588. The molecule has 0 heterocycles. The topological polar surface area (TPSA) is 17.1 Å². The van der Waals surface area contributed by atoms with Crippen LogP contribution in [0, 0.1) is 11.8 Å². The highest BCUT2D eigenvalue weighted by molar-refractivity contribution is 6.30. The van der Waals surface area contributed by atoms with Crippen molar-refractivity contribution >= 4 is 17.4 Å². The highest BCUT2D eigenvalue weighted by atomic mass is 35.5. The monoisotopic (exact) mass is 278 g/mol. The van der Waals surface area contributed by atoms with Crippen molar-refractivity contribution in [2.24, 2.45) is 11.8 Å². The zero-order chi connectivity index (χ0) is 13.7. The molecule has 0 amide bonds. The van der Waals surface area contributed by atoms with Gasteiger partial charge in [-0.15, -0.1) is 0 Å². The van der Waals surface area contributed by atoms with Crippen molar-refractivity contribution in [2.45, 2.75) is 51.9 Å². The van der Waals surface area contributed by atoms with E-state index in [1.807, 2.05) is 24.3 Å². The maximum absolute atomic E-state index is 12.3. The Balaban J connectivity index is 1.85. The molecule has 0 spiro atoms.